The van der Waals surface area contributed by atoms with E-state index in [0.29, 0.717) is 42.1 Å². The Labute approximate surface area is 342 Å². The number of imide groups is 2. The molecule has 3 aliphatic heterocycles. The van der Waals surface area contributed by atoms with E-state index in [1.807, 2.05) is 104 Å². The molecule has 3 saturated heterocycles. The summed E-state index contributed by atoms with van der Waals surface area (Å²) in [6, 6.07) is 27.7. The molecule has 59 heavy (non-hydrogen) atoms. The summed E-state index contributed by atoms with van der Waals surface area (Å²) < 4.78 is 16.4. The van der Waals surface area contributed by atoms with Gasteiger partial charge in [0.2, 0.25) is 17.6 Å². The highest BCUT2D eigenvalue weighted by Gasteiger charge is 2.69. The van der Waals surface area contributed by atoms with Crippen molar-refractivity contribution in [1.29, 1.82) is 0 Å². The molecule has 302 valence electrons. The van der Waals surface area contributed by atoms with Crippen LogP contribution in [0.4, 0.5) is 17.1 Å². The van der Waals surface area contributed by atoms with Crippen molar-refractivity contribution in [1.82, 2.24) is 5.01 Å². The second-order valence-electron chi connectivity index (χ2n) is 15.9. The number of nitrogens with one attached hydrogen (secondary N) is 1. The van der Waals surface area contributed by atoms with Crippen LogP contribution < -0.4 is 24.7 Å². The molecule has 3 heterocycles. The number of methoxy groups -OCH3 is 2. The predicted molar refractivity (Wildman–Crippen MR) is 222 cm³/mol. The third kappa shape index (κ3) is 6.16. The lowest BCUT2D eigenvalue weighted by atomic mass is 9.50. The topological polar surface area (TPSA) is 138 Å². The van der Waals surface area contributed by atoms with E-state index in [1.54, 1.807) is 12.1 Å². The van der Waals surface area contributed by atoms with Gasteiger partial charge in [0.25, 0.3) is 11.8 Å². The van der Waals surface area contributed by atoms with E-state index >= 15 is 4.79 Å². The molecule has 0 bridgehead atoms. The van der Waals surface area contributed by atoms with Gasteiger partial charge in [-0.2, -0.15) is 5.01 Å². The fraction of sp³-hybridized carbons (Fsp3) is 0.319. The Bertz CT molecular complexity index is 2350. The number of rotatable bonds is 9. The van der Waals surface area contributed by atoms with Gasteiger partial charge in [-0.15, -0.1) is 0 Å². The second kappa shape index (κ2) is 15.1. The number of anilines is 3. The highest BCUT2D eigenvalue weighted by atomic mass is 16.5. The number of allylic oxidation sites excluding steroid dienone is 3. The molecule has 4 amide bonds. The molecular formula is C47H46N4O8. The van der Waals surface area contributed by atoms with Gasteiger partial charge in [0, 0.05) is 24.7 Å². The summed E-state index contributed by atoms with van der Waals surface area (Å²) in [4.78, 5) is 63.0. The van der Waals surface area contributed by atoms with E-state index < -0.39 is 46.8 Å². The summed E-state index contributed by atoms with van der Waals surface area (Å²) in [5, 5.41) is 11.8. The van der Waals surface area contributed by atoms with Crippen LogP contribution >= 0.6 is 0 Å². The average Bonchev–Trinajstić information content (AvgIpc) is 3.65. The Kier molecular flexibility index (Phi) is 9.75. The van der Waals surface area contributed by atoms with Gasteiger partial charge >= 0.3 is 0 Å². The highest BCUT2D eigenvalue weighted by molar-refractivity contribution is 6.22. The summed E-state index contributed by atoms with van der Waals surface area (Å²) >= 11 is 0. The first-order valence-corrected chi connectivity index (χ1v) is 20.1. The van der Waals surface area contributed by atoms with Gasteiger partial charge in [0.1, 0.15) is 0 Å². The molecule has 0 aromatic heterocycles. The maximum Gasteiger partial charge on any atom is 0.260 e. The van der Waals surface area contributed by atoms with Crippen LogP contribution in [0, 0.1) is 36.5 Å². The van der Waals surface area contributed by atoms with Crippen molar-refractivity contribution < 1.29 is 38.5 Å². The van der Waals surface area contributed by atoms with Crippen molar-refractivity contribution in [2.45, 2.75) is 25.2 Å². The quantitative estimate of drug-likeness (QED) is 0.147. The fourth-order valence-electron chi connectivity index (χ4n) is 10.1. The summed E-state index contributed by atoms with van der Waals surface area (Å²) in [6.07, 6.45) is 6.28. The highest BCUT2D eigenvalue weighted by Crippen LogP contribution is 2.61. The van der Waals surface area contributed by atoms with Gasteiger partial charge in [-0.1, -0.05) is 71.8 Å². The number of fused-ring (bicyclic) bond motifs is 4. The molecule has 6 unspecified atom stereocenters. The molecule has 2 N–H and O–H groups in total. The zero-order valence-corrected chi connectivity index (χ0v) is 33.2. The molecule has 9 rings (SSSR count). The Morgan fingerprint density at radius 2 is 1.47 bits per heavy atom. The first kappa shape index (κ1) is 38.1. The number of phenols is 1. The molecule has 5 aliphatic rings. The molecule has 2 aliphatic carbocycles. The van der Waals surface area contributed by atoms with E-state index in [4.69, 9.17) is 14.2 Å². The van der Waals surface area contributed by atoms with E-state index in [9.17, 15) is 19.5 Å². The first-order valence-electron chi connectivity index (χ1n) is 20.1. The Balaban J connectivity index is 1.15. The van der Waals surface area contributed by atoms with Crippen LogP contribution in [0.5, 0.6) is 17.2 Å². The standard InChI is InChI=1S/C47H46N4O8/c1-28-9-12-31(13-10-28)48-51-44(54)38-27-36-34(18-19-35-41(36)45(55)50(43(35)53)33-16-14-32(15-17-33)49-21-23-59-24-22-49)37(47(38,46(51)56)30-7-5-4-6-8-30)20-11-29-25-39(57-2)42(52)40(26-29)58-3/h4-18,20,25-26,35-38,41,48,52H,19,21-24,27H2,1-3H3. The average molecular weight is 795 g/mol. The third-order valence-corrected chi connectivity index (χ3v) is 12.9. The minimum Gasteiger partial charge on any atom is -0.502 e. The van der Waals surface area contributed by atoms with Crippen molar-refractivity contribution >= 4 is 46.8 Å². The molecule has 6 atom stereocenters. The fourth-order valence-corrected chi connectivity index (χ4v) is 10.1. The molecule has 12 heteroatoms. The summed E-state index contributed by atoms with van der Waals surface area (Å²) in [5.74, 6) is -4.59. The SMILES string of the molecule is COc1cc(C=CC2C3=CCC4C(=O)N(c5ccc(N6CCOCC6)cc5)C(=O)C4C3CC3C(=O)N(Nc4ccc(C)cc4)C(=O)C23c2ccccc2)cc(OC)c1O. The van der Waals surface area contributed by atoms with Crippen molar-refractivity contribution in [3.63, 3.8) is 0 Å². The van der Waals surface area contributed by atoms with Crippen molar-refractivity contribution in [2.75, 3.05) is 55.7 Å². The van der Waals surface area contributed by atoms with Crippen molar-refractivity contribution in [2.24, 2.45) is 29.6 Å². The van der Waals surface area contributed by atoms with Gasteiger partial charge in [-0.3, -0.25) is 29.5 Å². The van der Waals surface area contributed by atoms with E-state index in [-0.39, 0.29) is 35.5 Å². The van der Waals surface area contributed by atoms with Gasteiger partial charge in [-0.25, -0.2) is 0 Å². The van der Waals surface area contributed by atoms with Crippen LogP contribution in [0.15, 0.2) is 109 Å². The first-order chi connectivity index (χ1) is 28.6. The number of nitrogens with zero attached hydrogens (tertiary/aromatic N) is 3. The van der Waals surface area contributed by atoms with E-state index in [0.717, 1.165) is 34.9 Å². The third-order valence-electron chi connectivity index (χ3n) is 12.9. The summed E-state index contributed by atoms with van der Waals surface area (Å²) in [5.41, 5.74) is 6.97. The molecule has 0 radical (unpaired) electrons. The maximum absolute atomic E-state index is 15.4. The van der Waals surface area contributed by atoms with Crippen LogP contribution in [0.3, 0.4) is 0 Å². The molecule has 4 fully saturated rings. The number of benzene rings is 4. The second-order valence-corrected chi connectivity index (χ2v) is 15.9. The van der Waals surface area contributed by atoms with E-state index in [2.05, 4.69) is 10.3 Å². The molecule has 1 saturated carbocycles. The predicted octanol–water partition coefficient (Wildman–Crippen LogP) is 6.29. The lowest BCUT2D eigenvalue weighted by Crippen LogP contribution is -2.54. The number of amides is 4. The lowest BCUT2D eigenvalue weighted by Gasteiger charge is -2.49. The maximum atomic E-state index is 15.4. The Hall–Kier alpha value is -6.40. The zero-order chi connectivity index (χ0) is 41.0. The zero-order valence-electron chi connectivity index (χ0n) is 33.2. The van der Waals surface area contributed by atoms with Gasteiger partial charge in [-0.05, 0) is 85.3 Å². The number of aryl methyl sites for hydroxylation is 1. The smallest absolute Gasteiger partial charge is 0.260 e. The van der Waals surface area contributed by atoms with E-state index in [1.165, 1.54) is 19.1 Å². The van der Waals surface area contributed by atoms with Crippen LogP contribution in [0.1, 0.15) is 29.5 Å². The summed E-state index contributed by atoms with van der Waals surface area (Å²) in [6.45, 7) is 4.76. The molecule has 4 aromatic carbocycles. The Morgan fingerprint density at radius 3 is 2.14 bits per heavy atom. The van der Waals surface area contributed by atoms with Gasteiger partial charge in [0.15, 0.2) is 11.5 Å². The number of phenolic OH excluding ortho intramolecular Hbond substituents is 1. The number of ether oxygens (including phenoxy) is 3. The number of hydrazine groups is 1. The number of carbonyl (C=O) groups excluding carboxylic acids is 4. The number of hydrogen-bond acceptors (Lipinski definition) is 10. The molecule has 4 aromatic rings. The number of hydrogen-bond donors (Lipinski definition) is 2. The van der Waals surface area contributed by atoms with Gasteiger partial charge in [0.05, 0.1) is 62.0 Å². The molecule has 0 spiro atoms. The molecular weight excluding hydrogens is 749 g/mol. The van der Waals surface area contributed by atoms with Crippen molar-refractivity contribution in [3.05, 3.63) is 125 Å². The minimum atomic E-state index is -1.41. The number of carbonyl (C=O) groups is 4. The summed E-state index contributed by atoms with van der Waals surface area (Å²) in [7, 11) is 2.90. The largest absolute Gasteiger partial charge is 0.502 e. The monoisotopic (exact) mass is 794 g/mol. The number of aromatic hydroxyl groups is 1. The minimum absolute atomic E-state index is 0.147. The van der Waals surface area contributed by atoms with Crippen LogP contribution in [-0.4, -0.2) is 74.3 Å². The number of morpholine rings is 1. The van der Waals surface area contributed by atoms with Crippen LogP contribution in [0.25, 0.3) is 6.08 Å². The Morgan fingerprint density at radius 1 is 0.814 bits per heavy atom. The van der Waals surface area contributed by atoms with Crippen LogP contribution in [0.2, 0.25) is 0 Å². The van der Waals surface area contributed by atoms with Crippen LogP contribution in [-0.2, 0) is 29.3 Å². The normalized spacial score (nSPS) is 26.5. The lowest BCUT2D eigenvalue weighted by molar-refractivity contribution is -0.139. The van der Waals surface area contributed by atoms with Gasteiger partial charge < -0.3 is 24.2 Å². The van der Waals surface area contributed by atoms with Crippen molar-refractivity contribution in [3.8, 4) is 17.2 Å². The molecule has 12 nitrogen and oxygen atoms in total.